The van der Waals surface area contributed by atoms with E-state index in [0.29, 0.717) is 0 Å². The van der Waals surface area contributed by atoms with Gasteiger partial charge in [-0.15, -0.1) is 11.8 Å². The first-order valence-corrected chi connectivity index (χ1v) is 9.39. The van der Waals surface area contributed by atoms with Gasteiger partial charge in [-0.3, -0.25) is 9.59 Å². The molecule has 1 aliphatic rings. The van der Waals surface area contributed by atoms with E-state index in [4.69, 9.17) is 0 Å². The molecule has 0 aromatic heterocycles. The van der Waals surface area contributed by atoms with E-state index in [2.05, 4.69) is 5.32 Å². The first-order valence-electron chi connectivity index (χ1n) is 8.51. The molecule has 0 spiro atoms. The molecule has 1 saturated heterocycles. The number of thioether (sulfide) groups is 1. The Morgan fingerprint density at radius 2 is 1.64 bits per heavy atom. The number of hydrogen-bond donors (Lipinski definition) is 1. The third-order valence-electron chi connectivity index (χ3n) is 4.17. The van der Waals surface area contributed by atoms with Crippen molar-refractivity contribution in [3.05, 3.63) is 60.2 Å². The van der Waals surface area contributed by atoms with Gasteiger partial charge in [0.05, 0.1) is 0 Å². The predicted molar refractivity (Wildman–Crippen MR) is 102 cm³/mol. The summed E-state index contributed by atoms with van der Waals surface area (Å²) in [7, 11) is 0. The van der Waals surface area contributed by atoms with Gasteiger partial charge in [0, 0.05) is 30.6 Å². The lowest BCUT2D eigenvalue weighted by atomic mass is 10.1. The van der Waals surface area contributed by atoms with E-state index < -0.39 is 0 Å². The van der Waals surface area contributed by atoms with Gasteiger partial charge in [-0.05, 0) is 42.7 Å². The number of hydrogen-bond acceptors (Lipinski definition) is 3. The molecule has 130 valence electrons. The van der Waals surface area contributed by atoms with Crippen LogP contribution in [0.3, 0.4) is 0 Å². The summed E-state index contributed by atoms with van der Waals surface area (Å²) >= 11 is 1.56. The molecule has 1 atom stereocenters. The first-order chi connectivity index (χ1) is 12.1. The van der Waals surface area contributed by atoms with E-state index in [0.717, 1.165) is 42.1 Å². The topological polar surface area (TPSA) is 49.4 Å². The van der Waals surface area contributed by atoms with Crippen molar-refractivity contribution in [1.29, 1.82) is 0 Å². The second-order valence-electron chi connectivity index (χ2n) is 6.15. The molecule has 4 nitrogen and oxygen atoms in total. The third-order valence-corrected chi connectivity index (χ3v) is 5.43. The van der Waals surface area contributed by atoms with E-state index in [1.165, 1.54) is 6.92 Å². The molecule has 2 aromatic carbocycles. The molecule has 3 rings (SSSR count). The zero-order valence-electron chi connectivity index (χ0n) is 14.3. The SMILES string of the molecule is CC(=O)Nc1ccc(S[C@@H](C(=O)N2CCCC2)c2ccccc2)cc1. The van der Waals surface area contributed by atoms with Gasteiger partial charge in [0.15, 0.2) is 0 Å². The summed E-state index contributed by atoms with van der Waals surface area (Å²) in [5.41, 5.74) is 1.79. The molecule has 0 radical (unpaired) electrons. The van der Waals surface area contributed by atoms with Crippen LogP contribution >= 0.6 is 11.8 Å². The predicted octanol–water partition coefficient (Wildman–Crippen LogP) is 4.10. The molecular formula is C20H22N2O2S. The van der Waals surface area contributed by atoms with Crippen molar-refractivity contribution in [3.8, 4) is 0 Å². The Morgan fingerprint density at radius 3 is 2.24 bits per heavy atom. The molecule has 1 aliphatic heterocycles. The van der Waals surface area contributed by atoms with Gasteiger partial charge in [-0.25, -0.2) is 0 Å². The zero-order chi connectivity index (χ0) is 17.6. The smallest absolute Gasteiger partial charge is 0.240 e. The standard InChI is InChI=1S/C20H22N2O2S/c1-15(23)21-17-9-11-18(12-10-17)25-19(16-7-3-2-4-8-16)20(24)22-13-5-6-14-22/h2-4,7-12,19H,5-6,13-14H2,1H3,(H,21,23)/t19-/m1/s1. The monoisotopic (exact) mass is 354 g/mol. The number of likely N-dealkylation sites (tertiary alicyclic amines) is 1. The third kappa shape index (κ3) is 4.63. The molecule has 0 bridgehead atoms. The van der Waals surface area contributed by atoms with Gasteiger partial charge in [0.2, 0.25) is 11.8 Å². The Bertz CT molecular complexity index is 725. The Morgan fingerprint density at radius 1 is 1.00 bits per heavy atom. The van der Waals surface area contributed by atoms with Gasteiger partial charge in [0.1, 0.15) is 5.25 Å². The lowest BCUT2D eigenvalue weighted by molar-refractivity contribution is -0.129. The van der Waals surface area contributed by atoms with Crippen LogP contribution in [0.25, 0.3) is 0 Å². The second kappa shape index (κ2) is 8.21. The van der Waals surface area contributed by atoms with E-state index in [1.807, 2.05) is 59.5 Å². The van der Waals surface area contributed by atoms with Crippen LogP contribution in [0.4, 0.5) is 5.69 Å². The molecule has 2 aromatic rings. The van der Waals surface area contributed by atoms with Crippen LogP contribution in [0.1, 0.15) is 30.6 Å². The average molecular weight is 354 g/mol. The molecule has 1 heterocycles. The van der Waals surface area contributed by atoms with Crippen LogP contribution in [-0.4, -0.2) is 29.8 Å². The number of anilines is 1. The summed E-state index contributed by atoms with van der Waals surface area (Å²) in [4.78, 5) is 27.1. The van der Waals surface area contributed by atoms with E-state index in [1.54, 1.807) is 11.8 Å². The fraction of sp³-hybridized carbons (Fsp3) is 0.300. The van der Waals surface area contributed by atoms with Crippen molar-refractivity contribution in [2.75, 3.05) is 18.4 Å². The number of nitrogens with zero attached hydrogens (tertiary/aromatic N) is 1. The van der Waals surface area contributed by atoms with Crippen molar-refractivity contribution < 1.29 is 9.59 Å². The van der Waals surface area contributed by atoms with Gasteiger partial charge in [-0.2, -0.15) is 0 Å². The van der Waals surface area contributed by atoms with E-state index in [-0.39, 0.29) is 17.1 Å². The van der Waals surface area contributed by atoms with Crippen LogP contribution in [0.5, 0.6) is 0 Å². The van der Waals surface area contributed by atoms with Gasteiger partial charge >= 0.3 is 0 Å². The Kier molecular flexibility index (Phi) is 5.76. The quantitative estimate of drug-likeness (QED) is 0.823. The highest BCUT2D eigenvalue weighted by Crippen LogP contribution is 2.37. The van der Waals surface area contributed by atoms with Crippen molar-refractivity contribution in [3.63, 3.8) is 0 Å². The van der Waals surface area contributed by atoms with Crippen molar-refractivity contribution in [1.82, 2.24) is 4.90 Å². The molecule has 25 heavy (non-hydrogen) atoms. The normalized spacial score (nSPS) is 15.0. The fourth-order valence-electron chi connectivity index (χ4n) is 2.95. The molecule has 1 fully saturated rings. The minimum absolute atomic E-state index is 0.0909. The summed E-state index contributed by atoms with van der Waals surface area (Å²) in [5, 5.41) is 2.52. The summed E-state index contributed by atoms with van der Waals surface area (Å²) in [6.45, 7) is 3.19. The van der Waals surface area contributed by atoms with Gasteiger partial charge in [0.25, 0.3) is 0 Å². The van der Waals surface area contributed by atoms with E-state index in [9.17, 15) is 9.59 Å². The van der Waals surface area contributed by atoms with Crippen molar-refractivity contribution in [2.45, 2.75) is 29.9 Å². The van der Waals surface area contributed by atoms with E-state index >= 15 is 0 Å². The highest BCUT2D eigenvalue weighted by Gasteiger charge is 2.28. The number of amides is 2. The first kappa shape index (κ1) is 17.5. The number of rotatable bonds is 5. The zero-order valence-corrected chi connectivity index (χ0v) is 15.1. The molecule has 0 saturated carbocycles. The Hall–Kier alpha value is -2.27. The van der Waals surface area contributed by atoms with Crippen LogP contribution in [-0.2, 0) is 9.59 Å². The lowest BCUT2D eigenvalue weighted by Gasteiger charge is -2.23. The number of nitrogens with one attached hydrogen (secondary N) is 1. The van der Waals surface area contributed by atoms with Crippen LogP contribution in [0.15, 0.2) is 59.5 Å². The maximum absolute atomic E-state index is 13.0. The molecule has 0 aliphatic carbocycles. The molecule has 0 unspecified atom stereocenters. The summed E-state index contributed by atoms with van der Waals surface area (Å²) in [6.07, 6.45) is 2.17. The maximum atomic E-state index is 13.0. The fourth-order valence-corrected chi connectivity index (χ4v) is 4.06. The summed E-state index contributed by atoms with van der Waals surface area (Å²) in [6, 6.07) is 17.6. The minimum Gasteiger partial charge on any atom is -0.341 e. The highest BCUT2D eigenvalue weighted by atomic mass is 32.2. The van der Waals surface area contributed by atoms with Crippen LogP contribution in [0.2, 0.25) is 0 Å². The molecule has 1 N–H and O–H groups in total. The van der Waals surface area contributed by atoms with Crippen molar-refractivity contribution in [2.24, 2.45) is 0 Å². The Labute approximate surface area is 152 Å². The summed E-state index contributed by atoms with van der Waals surface area (Å²) in [5.74, 6) is 0.0893. The second-order valence-corrected chi connectivity index (χ2v) is 7.33. The number of benzene rings is 2. The van der Waals surface area contributed by atoms with Crippen LogP contribution < -0.4 is 5.32 Å². The molecule has 5 heteroatoms. The largest absolute Gasteiger partial charge is 0.341 e. The molecular weight excluding hydrogens is 332 g/mol. The maximum Gasteiger partial charge on any atom is 0.240 e. The van der Waals surface area contributed by atoms with Crippen molar-refractivity contribution >= 4 is 29.3 Å². The summed E-state index contributed by atoms with van der Waals surface area (Å²) < 4.78 is 0. The lowest BCUT2D eigenvalue weighted by Crippen LogP contribution is -2.31. The highest BCUT2D eigenvalue weighted by molar-refractivity contribution is 8.00. The van der Waals surface area contributed by atoms with Gasteiger partial charge in [-0.1, -0.05) is 30.3 Å². The number of carbonyl (C=O) groups is 2. The Balaban J connectivity index is 1.79. The van der Waals surface area contributed by atoms with Crippen LogP contribution in [0, 0.1) is 0 Å². The molecule has 2 amide bonds. The average Bonchev–Trinajstić information content (AvgIpc) is 3.15. The minimum atomic E-state index is -0.245. The number of carbonyl (C=O) groups excluding carboxylic acids is 2. The van der Waals surface area contributed by atoms with Gasteiger partial charge < -0.3 is 10.2 Å².